The first-order valence-electron chi connectivity index (χ1n) is 4.47. The van der Waals surface area contributed by atoms with Crippen LogP contribution < -0.4 is 0 Å². The third kappa shape index (κ3) is 6.74. The maximum Gasteiger partial charge on any atom is 0.0108 e. The van der Waals surface area contributed by atoms with Crippen LogP contribution in [0.5, 0.6) is 0 Å². The lowest BCUT2D eigenvalue weighted by Gasteiger charge is -2.31. The van der Waals surface area contributed by atoms with Gasteiger partial charge in [-0.3, -0.25) is 0 Å². The van der Waals surface area contributed by atoms with E-state index in [0.29, 0.717) is 9.49 Å². The van der Waals surface area contributed by atoms with Crippen LogP contribution in [0.25, 0.3) is 0 Å². The summed E-state index contributed by atoms with van der Waals surface area (Å²) in [4.78, 5) is 0. The molecule has 0 saturated heterocycles. The van der Waals surface area contributed by atoms with E-state index in [9.17, 15) is 0 Å². The first-order valence-corrected chi connectivity index (χ1v) is 5.29. The van der Waals surface area contributed by atoms with Gasteiger partial charge in [-0.05, 0) is 6.42 Å². The second-order valence-corrected chi connectivity index (χ2v) is 7.26. The highest BCUT2D eigenvalue weighted by molar-refractivity contribution is 8.01. The zero-order chi connectivity index (χ0) is 9.12. The van der Waals surface area contributed by atoms with Crippen LogP contribution in [0.1, 0.15) is 54.4 Å². The molecule has 0 radical (unpaired) electrons. The van der Waals surface area contributed by atoms with Crippen LogP contribution in [-0.2, 0) is 0 Å². The van der Waals surface area contributed by atoms with E-state index < -0.39 is 0 Å². The van der Waals surface area contributed by atoms with Gasteiger partial charge in [0.05, 0.1) is 0 Å². The molecule has 0 nitrogen and oxygen atoms in total. The number of hydrogen-bond acceptors (Lipinski definition) is 1. The minimum absolute atomic E-state index is 0.401. The summed E-state index contributed by atoms with van der Waals surface area (Å²) >= 11 is 2.08. The maximum atomic E-state index is 2.34. The molecule has 0 aliphatic rings. The molecule has 0 aliphatic carbocycles. The van der Waals surface area contributed by atoms with E-state index in [-0.39, 0.29) is 0 Å². The van der Waals surface area contributed by atoms with Crippen LogP contribution in [0.3, 0.4) is 0 Å². The van der Waals surface area contributed by atoms with E-state index in [0.717, 1.165) is 0 Å². The summed E-state index contributed by atoms with van der Waals surface area (Å²) in [5, 5.41) is 0. The monoisotopic (exact) mass is 174 g/mol. The van der Waals surface area contributed by atoms with Gasteiger partial charge in [0.1, 0.15) is 0 Å². The minimum Gasteiger partial charge on any atom is -0.150 e. The van der Waals surface area contributed by atoms with Gasteiger partial charge in [-0.25, -0.2) is 0 Å². The van der Waals surface area contributed by atoms with Crippen LogP contribution in [-0.4, -0.2) is 9.49 Å². The van der Waals surface area contributed by atoms with Gasteiger partial charge in [-0.1, -0.05) is 48.0 Å². The predicted octanol–water partition coefficient (Wildman–Crippen LogP) is 4.10. The molecule has 0 unspecified atom stereocenters. The van der Waals surface area contributed by atoms with Gasteiger partial charge in [-0.15, -0.1) is 11.8 Å². The Hall–Kier alpha value is 0.350. The van der Waals surface area contributed by atoms with Crippen molar-refractivity contribution in [3.8, 4) is 0 Å². The zero-order valence-electron chi connectivity index (χ0n) is 8.82. The first-order chi connectivity index (χ1) is 4.77. The fourth-order valence-electron chi connectivity index (χ4n) is 1.48. The van der Waals surface area contributed by atoms with Crippen LogP contribution in [0.2, 0.25) is 0 Å². The normalized spacial score (nSPS) is 13.6. The Labute approximate surface area is 76.1 Å². The third-order valence-corrected chi connectivity index (χ3v) is 2.80. The molecule has 0 atom stereocenters. The molecule has 1 heteroatoms. The summed E-state index contributed by atoms with van der Waals surface area (Å²) in [6, 6.07) is 0. The van der Waals surface area contributed by atoms with E-state index in [1.165, 1.54) is 12.8 Å². The van der Waals surface area contributed by atoms with Crippen LogP contribution in [0.4, 0.5) is 0 Å². The smallest absolute Gasteiger partial charge is 0.0108 e. The van der Waals surface area contributed by atoms with Crippen molar-refractivity contribution in [2.75, 3.05) is 0 Å². The van der Waals surface area contributed by atoms with Crippen molar-refractivity contribution in [2.24, 2.45) is 0 Å². The molecule has 0 N–H and O–H groups in total. The summed E-state index contributed by atoms with van der Waals surface area (Å²) in [6.45, 7) is 13.8. The predicted molar refractivity (Wildman–Crippen MR) is 56.3 cm³/mol. The zero-order valence-corrected chi connectivity index (χ0v) is 9.64. The molecule has 0 amide bonds. The number of rotatable bonds is 3. The Morgan fingerprint density at radius 2 is 1.45 bits per heavy atom. The number of thioether (sulfide) groups is 1. The second-order valence-electron chi connectivity index (χ2n) is 4.72. The summed E-state index contributed by atoms with van der Waals surface area (Å²) in [7, 11) is 0. The van der Waals surface area contributed by atoms with Gasteiger partial charge in [0.2, 0.25) is 0 Å². The fourth-order valence-corrected chi connectivity index (χ4v) is 3.45. The van der Waals surface area contributed by atoms with E-state index in [1.54, 1.807) is 0 Å². The van der Waals surface area contributed by atoms with E-state index in [4.69, 9.17) is 0 Å². The standard InChI is InChI=1S/C10H22S/c1-7-8-10(5,6)11-9(2,3)4/h7-8H2,1-6H3. The highest BCUT2D eigenvalue weighted by Crippen LogP contribution is 2.38. The maximum absolute atomic E-state index is 2.34. The van der Waals surface area contributed by atoms with Crippen molar-refractivity contribution in [3.63, 3.8) is 0 Å². The van der Waals surface area contributed by atoms with E-state index in [2.05, 4.69) is 53.3 Å². The molecule has 0 aromatic carbocycles. The van der Waals surface area contributed by atoms with E-state index in [1.807, 2.05) is 0 Å². The summed E-state index contributed by atoms with van der Waals surface area (Å²) < 4.78 is 0.853. The lowest BCUT2D eigenvalue weighted by atomic mass is 10.1. The lowest BCUT2D eigenvalue weighted by Crippen LogP contribution is -2.23. The average Bonchev–Trinajstić information content (AvgIpc) is 1.55. The van der Waals surface area contributed by atoms with Crippen LogP contribution in [0, 0.1) is 0 Å². The topological polar surface area (TPSA) is 0 Å². The second kappa shape index (κ2) is 3.84. The molecule has 0 aliphatic heterocycles. The SMILES string of the molecule is CCCC(C)(C)SC(C)(C)C. The van der Waals surface area contributed by atoms with Gasteiger partial charge in [0, 0.05) is 9.49 Å². The molecule has 68 valence electrons. The molecule has 0 aromatic heterocycles. The highest BCUT2D eigenvalue weighted by Gasteiger charge is 2.24. The first kappa shape index (κ1) is 11.4. The van der Waals surface area contributed by atoms with Crippen molar-refractivity contribution in [1.29, 1.82) is 0 Å². The van der Waals surface area contributed by atoms with Gasteiger partial charge in [0.15, 0.2) is 0 Å². The molecule has 11 heavy (non-hydrogen) atoms. The molecule has 0 rings (SSSR count). The minimum atomic E-state index is 0.401. The van der Waals surface area contributed by atoms with Crippen LogP contribution in [0.15, 0.2) is 0 Å². The Bertz CT molecular complexity index is 109. The van der Waals surface area contributed by atoms with Crippen LogP contribution >= 0.6 is 11.8 Å². The van der Waals surface area contributed by atoms with Gasteiger partial charge in [-0.2, -0.15) is 0 Å². The largest absolute Gasteiger partial charge is 0.150 e. The van der Waals surface area contributed by atoms with Gasteiger partial charge >= 0.3 is 0 Å². The molecule has 0 bridgehead atoms. The molecule has 0 spiro atoms. The van der Waals surface area contributed by atoms with Crippen molar-refractivity contribution >= 4 is 11.8 Å². The molecular formula is C10H22S. The van der Waals surface area contributed by atoms with Crippen molar-refractivity contribution in [3.05, 3.63) is 0 Å². The van der Waals surface area contributed by atoms with Gasteiger partial charge < -0.3 is 0 Å². The highest BCUT2D eigenvalue weighted by atomic mass is 32.2. The molecule has 0 saturated carbocycles. The molecular weight excluding hydrogens is 152 g/mol. The lowest BCUT2D eigenvalue weighted by molar-refractivity contribution is 0.614. The third-order valence-electron chi connectivity index (χ3n) is 1.43. The Kier molecular flexibility index (Phi) is 3.96. The fraction of sp³-hybridized carbons (Fsp3) is 1.00. The summed E-state index contributed by atoms with van der Waals surface area (Å²) in [6.07, 6.45) is 2.60. The summed E-state index contributed by atoms with van der Waals surface area (Å²) in [5.74, 6) is 0. The summed E-state index contributed by atoms with van der Waals surface area (Å²) in [5.41, 5.74) is 0. The van der Waals surface area contributed by atoms with Crippen molar-refractivity contribution < 1.29 is 0 Å². The Balaban J connectivity index is 3.91. The van der Waals surface area contributed by atoms with Crippen molar-refractivity contribution in [2.45, 2.75) is 63.9 Å². The van der Waals surface area contributed by atoms with E-state index >= 15 is 0 Å². The Morgan fingerprint density at radius 1 is 1.00 bits per heavy atom. The molecule has 0 aromatic rings. The average molecular weight is 174 g/mol. The van der Waals surface area contributed by atoms with Gasteiger partial charge in [0.25, 0.3) is 0 Å². The Morgan fingerprint density at radius 3 is 1.73 bits per heavy atom. The number of hydrogen-bond donors (Lipinski definition) is 0. The quantitative estimate of drug-likeness (QED) is 0.621. The molecule has 0 fully saturated rings. The van der Waals surface area contributed by atoms with Crippen molar-refractivity contribution in [1.82, 2.24) is 0 Å². The molecule has 0 heterocycles.